The number of aromatic nitrogens is 2. The van der Waals surface area contributed by atoms with Gasteiger partial charge in [-0.2, -0.15) is 0 Å². The molecule has 4 aromatic rings. The molecule has 2 aromatic heterocycles. The number of nitrogens with zero attached hydrogens (tertiary/aromatic N) is 3. The third kappa shape index (κ3) is 3.58. The van der Waals surface area contributed by atoms with Gasteiger partial charge in [-0.15, -0.1) is 0 Å². The van der Waals surface area contributed by atoms with Crippen LogP contribution in [0, 0.1) is 0 Å². The number of rotatable bonds is 7. The molecular weight excluding hydrogens is 426 g/mol. The van der Waals surface area contributed by atoms with Crippen molar-refractivity contribution in [1.82, 2.24) is 19.8 Å². The van der Waals surface area contributed by atoms with E-state index in [1.54, 1.807) is 0 Å². The van der Waals surface area contributed by atoms with Crippen LogP contribution in [0.3, 0.4) is 0 Å². The van der Waals surface area contributed by atoms with Crippen molar-refractivity contribution in [2.24, 2.45) is 0 Å². The fourth-order valence-electron chi connectivity index (χ4n) is 4.88. The Morgan fingerprint density at radius 1 is 0.853 bits per heavy atom. The lowest BCUT2D eigenvalue weighted by molar-refractivity contribution is -0.122. The van der Waals surface area contributed by atoms with Crippen molar-refractivity contribution in [3.8, 4) is 0 Å². The van der Waals surface area contributed by atoms with Crippen molar-refractivity contribution in [1.29, 1.82) is 0 Å². The van der Waals surface area contributed by atoms with Crippen LogP contribution in [0.1, 0.15) is 17.5 Å². The lowest BCUT2D eigenvalue weighted by Crippen LogP contribution is -2.22. The summed E-state index contributed by atoms with van der Waals surface area (Å²) in [4.78, 5) is 33.7. The average molecular weight is 456 g/mol. The third-order valence-electron chi connectivity index (χ3n) is 6.42. The number of aryl methyl sites for hydroxylation is 1. The van der Waals surface area contributed by atoms with Crippen LogP contribution in [-0.4, -0.2) is 61.0 Å². The van der Waals surface area contributed by atoms with Gasteiger partial charge in [-0.3, -0.25) is 14.9 Å². The molecule has 0 saturated carbocycles. The molecule has 34 heavy (non-hydrogen) atoms. The number of amides is 2. The maximum absolute atomic E-state index is 13.2. The van der Waals surface area contributed by atoms with E-state index in [-0.39, 0.29) is 11.8 Å². The maximum Gasteiger partial charge on any atom is 0.259 e. The van der Waals surface area contributed by atoms with Crippen LogP contribution in [-0.2, 0) is 16.1 Å². The van der Waals surface area contributed by atoms with Crippen molar-refractivity contribution >= 4 is 50.5 Å². The number of para-hydroxylation sites is 2. The van der Waals surface area contributed by atoms with Crippen LogP contribution >= 0.6 is 0 Å². The molecule has 1 aliphatic heterocycles. The molecule has 174 valence electrons. The lowest BCUT2D eigenvalue weighted by atomic mass is 9.95. The molecule has 0 fully saturated rings. The van der Waals surface area contributed by atoms with E-state index in [0.717, 1.165) is 58.1 Å². The van der Waals surface area contributed by atoms with Gasteiger partial charge in [0, 0.05) is 60.4 Å². The standard InChI is InChI=1S/C27H29N5O2/c1-30(2)13-8-14-32-16-20(18-10-7-12-22(25(18)32)31(3)4)24-23(26(33)29-27(24)34)19-15-28-21-11-6-5-9-17(19)21/h5-7,9-12,15-16,28H,8,13-14H2,1-4H3,(H,29,33,34). The number of hydrogen-bond donors (Lipinski definition) is 2. The largest absolute Gasteiger partial charge is 0.376 e. The summed E-state index contributed by atoms with van der Waals surface area (Å²) in [7, 11) is 8.18. The molecule has 3 heterocycles. The Morgan fingerprint density at radius 2 is 1.56 bits per heavy atom. The first-order chi connectivity index (χ1) is 16.4. The number of imide groups is 1. The molecule has 0 unspecified atom stereocenters. The number of carbonyl (C=O) groups is 2. The van der Waals surface area contributed by atoms with E-state index in [1.807, 2.05) is 62.9 Å². The highest BCUT2D eigenvalue weighted by atomic mass is 16.2. The molecule has 0 atom stereocenters. The van der Waals surface area contributed by atoms with Gasteiger partial charge in [-0.05, 0) is 39.2 Å². The molecule has 2 amide bonds. The number of hydrogen-bond acceptors (Lipinski definition) is 4. The summed E-state index contributed by atoms with van der Waals surface area (Å²) < 4.78 is 2.22. The van der Waals surface area contributed by atoms with Crippen molar-refractivity contribution in [3.05, 3.63) is 66.0 Å². The zero-order valence-electron chi connectivity index (χ0n) is 20.0. The Kier molecular flexibility index (Phi) is 5.49. The maximum atomic E-state index is 13.2. The van der Waals surface area contributed by atoms with Crippen molar-refractivity contribution in [2.75, 3.05) is 39.6 Å². The monoisotopic (exact) mass is 455 g/mol. The summed E-state index contributed by atoms with van der Waals surface area (Å²) in [5.74, 6) is -0.713. The van der Waals surface area contributed by atoms with Gasteiger partial charge < -0.3 is 19.4 Å². The highest BCUT2D eigenvalue weighted by Crippen LogP contribution is 2.40. The predicted molar refractivity (Wildman–Crippen MR) is 138 cm³/mol. The third-order valence-corrected chi connectivity index (χ3v) is 6.42. The van der Waals surface area contributed by atoms with Crippen LogP contribution in [0.5, 0.6) is 0 Å². The Labute approximate surface area is 198 Å². The van der Waals surface area contributed by atoms with Gasteiger partial charge in [0.05, 0.1) is 22.4 Å². The Hall–Kier alpha value is -3.84. The molecule has 0 radical (unpaired) electrons. The molecule has 2 N–H and O–H groups in total. The smallest absolute Gasteiger partial charge is 0.259 e. The molecule has 0 saturated heterocycles. The van der Waals surface area contributed by atoms with E-state index < -0.39 is 0 Å². The summed E-state index contributed by atoms with van der Waals surface area (Å²) in [5.41, 5.74) is 5.45. The minimum atomic E-state index is -0.359. The lowest BCUT2D eigenvalue weighted by Gasteiger charge is -2.17. The summed E-state index contributed by atoms with van der Waals surface area (Å²) in [6.45, 7) is 1.77. The molecule has 7 nitrogen and oxygen atoms in total. The first-order valence-electron chi connectivity index (χ1n) is 11.5. The SMILES string of the molecule is CN(C)CCCn1cc(C2=C(c3c[nH]c4ccccc34)C(=O)NC2=O)c2cccc(N(C)C)c21. The van der Waals surface area contributed by atoms with Crippen LogP contribution in [0.2, 0.25) is 0 Å². The summed E-state index contributed by atoms with van der Waals surface area (Å²) >= 11 is 0. The van der Waals surface area contributed by atoms with E-state index in [4.69, 9.17) is 0 Å². The van der Waals surface area contributed by atoms with Crippen LogP contribution in [0.4, 0.5) is 5.69 Å². The number of fused-ring (bicyclic) bond motifs is 2. The first kappa shape index (κ1) is 22.0. The Bertz CT molecular complexity index is 1450. The topological polar surface area (TPSA) is 73.4 Å². The number of H-pyrrole nitrogens is 1. The fraction of sp³-hybridized carbons (Fsp3) is 0.259. The van der Waals surface area contributed by atoms with Gasteiger partial charge in [-0.25, -0.2) is 0 Å². The van der Waals surface area contributed by atoms with Gasteiger partial charge >= 0.3 is 0 Å². The zero-order valence-corrected chi connectivity index (χ0v) is 20.0. The van der Waals surface area contributed by atoms with E-state index in [0.29, 0.717) is 11.1 Å². The van der Waals surface area contributed by atoms with Gasteiger partial charge in [0.15, 0.2) is 0 Å². The van der Waals surface area contributed by atoms with Gasteiger partial charge in [0.2, 0.25) is 0 Å². The van der Waals surface area contributed by atoms with Crippen LogP contribution in [0.25, 0.3) is 33.0 Å². The van der Waals surface area contributed by atoms with E-state index >= 15 is 0 Å². The van der Waals surface area contributed by atoms with Crippen molar-refractivity contribution < 1.29 is 9.59 Å². The molecule has 1 aliphatic rings. The highest BCUT2D eigenvalue weighted by molar-refractivity contribution is 6.50. The number of nitrogens with one attached hydrogen (secondary N) is 2. The van der Waals surface area contributed by atoms with Crippen LogP contribution in [0.15, 0.2) is 54.9 Å². The van der Waals surface area contributed by atoms with E-state index in [9.17, 15) is 9.59 Å². The molecule has 0 bridgehead atoms. The normalized spacial score (nSPS) is 14.1. The van der Waals surface area contributed by atoms with E-state index in [2.05, 4.69) is 44.8 Å². The highest BCUT2D eigenvalue weighted by Gasteiger charge is 2.35. The second-order valence-corrected chi connectivity index (χ2v) is 9.24. The minimum Gasteiger partial charge on any atom is -0.376 e. The minimum absolute atomic E-state index is 0.354. The van der Waals surface area contributed by atoms with E-state index in [1.165, 1.54) is 0 Å². The average Bonchev–Trinajstić information content (AvgIpc) is 3.46. The predicted octanol–water partition coefficient (Wildman–Crippen LogP) is 3.71. The molecule has 7 heteroatoms. The first-order valence-corrected chi connectivity index (χ1v) is 11.5. The Morgan fingerprint density at radius 3 is 2.29 bits per heavy atom. The zero-order chi connectivity index (χ0) is 24.0. The van der Waals surface area contributed by atoms with Crippen LogP contribution < -0.4 is 10.2 Å². The summed E-state index contributed by atoms with van der Waals surface area (Å²) in [6.07, 6.45) is 4.83. The number of anilines is 1. The second-order valence-electron chi connectivity index (χ2n) is 9.24. The molecular formula is C27H29N5O2. The fourth-order valence-corrected chi connectivity index (χ4v) is 4.88. The number of carbonyl (C=O) groups excluding carboxylic acids is 2. The van der Waals surface area contributed by atoms with Gasteiger partial charge in [0.25, 0.3) is 11.8 Å². The summed E-state index contributed by atoms with van der Waals surface area (Å²) in [6, 6.07) is 14.0. The van der Waals surface area contributed by atoms with Crippen molar-refractivity contribution in [3.63, 3.8) is 0 Å². The summed E-state index contributed by atoms with van der Waals surface area (Å²) in [5, 5.41) is 4.43. The van der Waals surface area contributed by atoms with Gasteiger partial charge in [-0.1, -0.05) is 30.3 Å². The van der Waals surface area contributed by atoms with Crippen molar-refractivity contribution in [2.45, 2.75) is 13.0 Å². The molecule has 0 aliphatic carbocycles. The second kappa shape index (κ2) is 8.50. The number of aromatic amines is 1. The quantitative estimate of drug-likeness (QED) is 0.417. The molecule has 0 spiro atoms. The number of benzene rings is 2. The Balaban J connectivity index is 1.76. The molecule has 2 aromatic carbocycles. The van der Waals surface area contributed by atoms with Gasteiger partial charge in [0.1, 0.15) is 0 Å². The molecule has 5 rings (SSSR count).